The molecule has 6 nitrogen and oxygen atoms in total. The summed E-state index contributed by atoms with van der Waals surface area (Å²) in [5.41, 5.74) is 0.298. The van der Waals surface area contributed by atoms with E-state index in [9.17, 15) is 4.79 Å². The van der Waals surface area contributed by atoms with Crippen molar-refractivity contribution in [1.82, 2.24) is 9.78 Å². The topological polar surface area (TPSA) is 83.9 Å². The molecule has 2 rings (SSSR count). The molecule has 0 radical (unpaired) electrons. The maximum absolute atomic E-state index is 11.7. The molecule has 0 aliphatic carbocycles. The fourth-order valence-corrected chi connectivity index (χ4v) is 1.57. The summed E-state index contributed by atoms with van der Waals surface area (Å²) in [6.45, 7) is 0. The average Bonchev–Trinajstić information content (AvgIpc) is 2.85. The van der Waals surface area contributed by atoms with Gasteiger partial charge in [-0.3, -0.25) is 9.48 Å². The molecule has 0 aliphatic heterocycles. The van der Waals surface area contributed by atoms with E-state index >= 15 is 0 Å². The number of nitriles is 1. The highest BCUT2D eigenvalue weighted by atomic mass is 79.9. The molecule has 0 saturated heterocycles. The van der Waals surface area contributed by atoms with Crippen molar-refractivity contribution in [2.24, 2.45) is 7.05 Å². The van der Waals surface area contributed by atoms with Crippen molar-refractivity contribution in [1.29, 1.82) is 5.26 Å². The Labute approximate surface area is 105 Å². The summed E-state index contributed by atoms with van der Waals surface area (Å²) in [5, 5.41) is 15.3. The predicted molar refractivity (Wildman–Crippen MR) is 62.3 cm³/mol. The molecule has 0 spiro atoms. The standard InChI is InChI=1S/C10H7BrN4O2/c1-15-5-6(4-12)9(14-15)13-10(16)7-2-3-8(11)17-7/h2-3,5H,1H3,(H,13,14,16). The quantitative estimate of drug-likeness (QED) is 0.917. The van der Waals surface area contributed by atoms with Gasteiger partial charge in [0.05, 0.1) is 0 Å². The molecule has 0 saturated carbocycles. The van der Waals surface area contributed by atoms with Crippen LogP contribution in [-0.2, 0) is 7.05 Å². The Hall–Kier alpha value is -2.07. The average molecular weight is 295 g/mol. The molecule has 86 valence electrons. The van der Waals surface area contributed by atoms with E-state index in [-0.39, 0.29) is 11.6 Å². The molecular weight excluding hydrogens is 288 g/mol. The Morgan fingerprint density at radius 3 is 3.00 bits per heavy atom. The Kier molecular flexibility index (Phi) is 2.97. The highest BCUT2D eigenvalue weighted by Gasteiger charge is 2.15. The Balaban J connectivity index is 2.21. The lowest BCUT2D eigenvalue weighted by Crippen LogP contribution is -2.12. The molecule has 0 atom stereocenters. The summed E-state index contributed by atoms with van der Waals surface area (Å²) < 4.78 is 7.00. The molecule has 1 N–H and O–H groups in total. The van der Waals surface area contributed by atoms with Gasteiger partial charge in [0.25, 0.3) is 5.91 Å². The zero-order valence-corrected chi connectivity index (χ0v) is 10.4. The van der Waals surface area contributed by atoms with Crippen LogP contribution in [0.4, 0.5) is 5.82 Å². The van der Waals surface area contributed by atoms with Crippen LogP contribution in [0.1, 0.15) is 16.1 Å². The number of anilines is 1. The van der Waals surface area contributed by atoms with E-state index in [4.69, 9.17) is 9.68 Å². The van der Waals surface area contributed by atoms with Gasteiger partial charge in [0, 0.05) is 13.2 Å². The van der Waals surface area contributed by atoms with Gasteiger partial charge in [-0.2, -0.15) is 10.4 Å². The van der Waals surface area contributed by atoms with Crippen LogP contribution in [0.15, 0.2) is 27.4 Å². The lowest BCUT2D eigenvalue weighted by atomic mass is 10.3. The number of rotatable bonds is 2. The number of aromatic nitrogens is 2. The first-order chi connectivity index (χ1) is 8.10. The first kappa shape index (κ1) is 11.4. The van der Waals surface area contributed by atoms with Gasteiger partial charge in [-0.05, 0) is 28.1 Å². The van der Waals surface area contributed by atoms with Crippen molar-refractivity contribution >= 4 is 27.7 Å². The van der Waals surface area contributed by atoms with Crippen molar-refractivity contribution < 1.29 is 9.21 Å². The number of carbonyl (C=O) groups is 1. The fourth-order valence-electron chi connectivity index (χ4n) is 1.27. The van der Waals surface area contributed by atoms with Gasteiger partial charge < -0.3 is 9.73 Å². The van der Waals surface area contributed by atoms with Crippen LogP contribution in [-0.4, -0.2) is 15.7 Å². The first-order valence-electron chi connectivity index (χ1n) is 4.60. The number of aryl methyl sites for hydroxylation is 1. The molecule has 0 fully saturated rings. The van der Waals surface area contributed by atoms with E-state index in [2.05, 4.69) is 26.3 Å². The van der Waals surface area contributed by atoms with E-state index in [1.165, 1.54) is 16.9 Å². The maximum atomic E-state index is 11.7. The highest BCUT2D eigenvalue weighted by molar-refractivity contribution is 9.10. The van der Waals surface area contributed by atoms with Crippen LogP contribution in [0.5, 0.6) is 0 Å². The summed E-state index contributed by atoms with van der Waals surface area (Å²) in [7, 11) is 1.67. The van der Waals surface area contributed by atoms with Gasteiger partial charge in [-0.25, -0.2) is 0 Å². The molecule has 0 unspecified atom stereocenters. The Morgan fingerprint density at radius 2 is 2.41 bits per heavy atom. The van der Waals surface area contributed by atoms with Crippen LogP contribution in [0.3, 0.4) is 0 Å². The highest BCUT2D eigenvalue weighted by Crippen LogP contribution is 2.16. The minimum absolute atomic E-state index is 0.145. The van der Waals surface area contributed by atoms with E-state index in [1.54, 1.807) is 13.1 Å². The number of furan rings is 1. The van der Waals surface area contributed by atoms with Crippen LogP contribution in [0, 0.1) is 11.3 Å². The second kappa shape index (κ2) is 4.43. The van der Waals surface area contributed by atoms with Gasteiger partial charge in [-0.1, -0.05) is 0 Å². The van der Waals surface area contributed by atoms with E-state index in [0.717, 1.165) is 0 Å². The Morgan fingerprint density at radius 1 is 1.65 bits per heavy atom. The summed E-state index contributed by atoms with van der Waals surface area (Å²) in [6.07, 6.45) is 1.52. The van der Waals surface area contributed by atoms with Gasteiger partial charge in [0.2, 0.25) is 0 Å². The molecule has 2 heterocycles. The number of nitrogens with one attached hydrogen (secondary N) is 1. The molecule has 0 bridgehead atoms. The summed E-state index contributed by atoms with van der Waals surface area (Å²) in [4.78, 5) is 11.7. The molecular formula is C10H7BrN4O2. The third-order valence-electron chi connectivity index (χ3n) is 1.98. The number of amides is 1. The molecule has 17 heavy (non-hydrogen) atoms. The summed E-state index contributed by atoms with van der Waals surface area (Å²) in [5.74, 6) is -0.0927. The van der Waals surface area contributed by atoms with E-state index in [0.29, 0.717) is 10.2 Å². The van der Waals surface area contributed by atoms with Crippen LogP contribution >= 0.6 is 15.9 Å². The SMILES string of the molecule is Cn1cc(C#N)c(NC(=O)c2ccc(Br)o2)n1. The lowest BCUT2D eigenvalue weighted by Gasteiger charge is -1.98. The van der Waals surface area contributed by atoms with Crippen molar-refractivity contribution in [3.05, 3.63) is 34.3 Å². The largest absolute Gasteiger partial charge is 0.444 e. The monoisotopic (exact) mass is 294 g/mol. The zero-order chi connectivity index (χ0) is 12.4. The number of halogens is 1. The van der Waals surface area contributed by atoms with Crippen molar-refractivity contribution in [2.45, 2.75) is 0 Å². The van der Waals surface area contributed by atoms with Crippen LogP contribution < -0.4 is 5.32 Å². The van der Waals surface area contributed by atoms with Gasteiger partial charge in [0.1, 0.15) is 11.6 Å². The van der Waals surface area contributed by atoms with Crippen molar-refractivity contribution in [3.8, 4) is 6.07 Å². The summed E-state index contributed by atoms with van der Waals surface area (Å²) in [6, 6.07) is 5.07. The Bertz CT molecular complexity index is 608. The molecule has 2 aromatic heterocycles. The minimum atomic E-state index is -0.453. The molecule has 1 amide bonds. The third kappa shape index (κ3) is 2.37. The van der Waals surface area contributed by atoms with Crippen LogP contribution in [0.2, 0.25) is 0 Å². The third-order valence-corrected chi connectivity index (χ3v) is 2.40. The molecule has 0 aliphatic rings. The fraction of sp³-hybridized carbons (Fsp3) is 0.100. The normalized spacial score (nSPS) is 9.94. The molecule has 2 aromatic rings. The summed E-state index contributed by atoms with van der Waals surface area (Å²) >= 11 is 3.10. The number of hydrogen-bond donors (Lipinski definition) is 1. The zero-order valence-electron chi connectivity index (χ0n) is 8.77. The second-order valence-electron chi connectivity index (χ2n) is 3.23. The van der Waals surface area contributed by atoms with Crippen molar-refractivity contribution in [2.75, 3.05) is 5.32 Å². The lowest BCUT2D eigenvalue weighted by molar-refractivity contribution is 0.0995. The maximum Gasteiger partial charge on any atom is 0.292 e. The number of nitrogens with zero attached hydrogens (tertiary/aromatic N) is 3. The first-order valence-corrected chi connectivity index (χ1v) is 5.40. The van der Waals surface area contributed by atoms with Crippen molar-refractivity contribution in [3.63, 3.8) is 0 Å². The molecule has 7 heteroatoms. The minimum Gasteiger partial charge on any atom is -0.444 e. The smallest absolute Gasteiger partial charge is 0.292 e. The predicted octanol–water partition coefficient (Wildman–Crippen LogP) is 1.90. The van der Waals surface area contributed by atoms with E-state index < -0.39 is 5.91 Å². The van der Waals surface area contributed by atoms with Gasteiger partial charge in [-0.15, -0.1) is 0 Å². The number of carbonyl (C=O) groups excluding carboxylic acids is 1. The number of hydrogen-bond acceptors (Lipinski definition) is 4. The molecule has 0 aromatic carbocycles. The second-order valence-corrected chi connectivity index (χ2v) is 4.02. The van der Waals surface area contributed by atoms with Gasteiger partial charge in [0.15, 0.2) is 16.2 Å². The van der Waals surface area contributed by atoms with Crippen LogP contribution in [0.25, 0.3) is 0 Å². The van der Waals surface area contributed by atoms with E-state index in [1.807, 2.05) is 6.07 Å². The van der Waals surface area contributed by atoms with Gasteiger partial charge >= 0.3 is 0 Å².